The number of hydrogen-bond acceptors (Lipinski definition) is 4. The molecule has 0 N–H and O–H groups in total. The fraction of sp³-hybridized carbons (Fsp3) is 0.708. The molecule has 5 aliphatic rings. The first kappa shape index (κ1) is 19.5. The first-order valence-corrected chi connectivity index (χ1v) is 11.3. The summed E-state index contributed by atoms with van der Waals surface area (Å²) in [4.78, 5) is 37.1. The minimum atomic E-state index is -1.03. The van der Waals surface area contributed by atoms with Crippen molar-refractivity contribution in [3.63, 3.8) is 0 Å². The van der Waals surface area contributed by atoms with Gasteiger partial charge in [-0.1, -0.05) is 31.5 Å². The van der Waals surface area contributed by atoms with E-state index in [-0.39, 0.29) is 46.1 Å². The van der Waals surface area contributed by atoms with Crippen molar-refractivity contribution >= 4 is 29.1 Å². The molecule has 3 fully saturated rings. The Morgan fingerprint density at radius 3 is 2.45 bits per heavy atom. The van der Waals surface area contributed by atoms with Crippen molar-refractivity contribution < 1.29 is 19.1 Å². The molecule has 3 saturated carbocycles. The lowest BCUT2D eigenvalue weighted by Gasteiger charge is -2.57. The fourth-order valence-corrected chi connectivity index (χ4v) is 8.43. The molecular weight excluding hydrogens is 388 g/mol. The van der Waals surface area contributed by atoms with Gasteiger partial charge in [0.15, 0.2) is 17.2 Å². The van der Waals surface area contributed by atoms with Crippen LogP contribution in [-0.2, 0) is 19.1 Å². The number of fused-ring (bicyclic) bond motifs is 7. The third-order valence-electron chi connectivity index (χ3n) is 9.50. The predicted octanol–water partition coefficient (Wildman–Crippen LogP) is 4.61. The van der Waals surface area contributed by atoms with Gasteiger partial charge in [0, 0.05) is 28.7 Å². The van der Waals surface area contributed by atoms with E-state index in [9.17, 15) is 14.4 Å². The highest BCUT2D eigenvalue weighted by molar-refractivity contribution is 6.32. The van der Waals surface area contributed by atoms with E-state index in [1.165, 1.54) is 6.92 Å². The van der Waals surface area contributed by atoms with Crippen LogP contribution in [0.25, 0.3) is 0 Å². The first-order chi connectivity index (χ1) is 13.6. The second-order valence-corrected chi connectivity index (χ2v) is 10.9. The Hall–Kier alpha value is -1.42. The molecule has 5 heteroatoms. The lowest BCUT2D eigenvalue weighted by Crippen LogP contribution is -2.58. The molecule has 5 aliphatic carbocycles. The van der Waals surface area contributed by atoms with E-state index in [4.69, 9.17) is 16.3 Å². The molecular formula is C24H29ClO4. The number of carbonyl (C=O) groups excluding carboxylic acids is 3. The molecule has 156 valence electrons. The largest absolute Gasteiger partial charge is 0.451 e. The number of hydrogen-bond donors (Lipinski definition) is 0. The van der Waals surface area contributed by atoms with Crippen LogP contribution in [0, 0.1) is 40.4 Å². The van der Waals surface area contributed by atoms with Crippen LogP contribution in [0.4, 0.5) is 0 Å². The van der Waals surface area contributed by atoms with Crippen LogP contribution in [0.3, 0.4) is 0 Å². The summed E-state index contributed by atoms with van der Waals surface area (Å²) in [6.07, 6.45) is 8.18. The molecule has 0 aromatic carbocycles. The molecule has 0 aromatic heterocycles. The molecule has 3 unspecified atom stereocenters. The van der Waals surface area contributed by atoms with Crippen molar-refractivity contribution in [2.45, 2.75) is 65.4 Å². The van der Waals surface area contributed by atoms with Crippen LogP contribution in [0.1, 0.15) is 59.8 Å². The maximum Gasteiger partial charge on any atom is 0.303 e. The van der Waals surface area contributed by atoms with Gasteiger partial charge in [-0.05, 0) is 74.3 Å². The molecule has 0 spiro atoms. The maximum absolute atomic E-state index is 12.8. The Morgan fingerprint density at radius 2 is 1.79 bits per heavy atom. The molecule has 29 heavy (non-hydrogen) atoms. The zero-order valence-electron chi connectivity index (χ0n) is 17.6. The standard InChI is InChI=1S/C24H29ClO4/c1-12(26)24(29-13(2)27)8-6-16-14-10-20(25)19-11-21(28)15-9-18(15)23(19,4)17(14)5-7-22(16,24)3/h10-11,14-18H,5-9H2,1-4H3/t14?,15-,16+,17+,18+,22?,23?,24+/m1/s1. The fourth-order valence-electron chi connectivity index (χ4n) is 8.03. The third kappa shape index (κ3) is 2.24. The van der Waals surface area contributed by atoms with E-state index in [1.807, 2.05) is 6.08 Å². The van der Waals surface area contributed by atoms with Crippen LogP contribution in [-0.4, -0.2) is 23.1 Å². The van der Waals surface area contributed by atoms with E-state index in [1.54, 1.807) is 6.92 Å². The Bertz CT molecular complexity index is 903. The smallest absolute Gasteiger partial charge is 0.303 e. The number of carbonyl (C=O) groups is 3. The number of halogens is 1. The van der Waals surface area contributed by atoms with E-state index in [2.05, 4.69) is 19.9 Å². The molecule has 0 bridgehead atoms. The topological polar surface area (TPSA) is 60.4 Å². The van der Waals surface area contributed by atoms with Gasteiger partial charge in [-0.25, -0.2) is 0 Å². The minimum Gasteiger partial charge on any atom is -0.451 e. The zero-order valence-corrected chi connectivity index (χ0v) is 18.3. The van der Waals surface area contributed by atoms with Crippen molar-refractivity contribution in [2.24, 2.45) is 40.4 Å². The van der Waals surface area contributed by atoms with Crippen LogP contribution in [0.5, 0.6) is 0 Å². The summed E-state index contributed by atoms with van der Waals surface area (Å²) < 4.78 is 5.82. The van der Waals surface area contributed by atoms with Gasteiger partial charge in [-0.15, -0.1) is 0 Å². The summed E-state index contributed by atoms with van der Waals surface area (Å²) in [6, 6.07) is 0. The predicted molar refractivity (Wildman–Crippen MR) is 109 cm³/mol. The highest BCUT2D eigenvalue weighted by Gasteiger charge is 2.70. The molecule has 5 rings (SSSR count). The number of Topliss-reactive ketones (excluding diaryl/α,β-unsaturated/α-hetero) is 1. The Balaban J connectivity index is 1.60. The van der Waals surface area contributed by atoms with E-state index in [0.717, 1.165) is 31.3 Å². The van der Waals surface area contributed by atoms with Gasteiger partial charge in [0.2, 0.25) is 0 Å². The molecule has 0 aromatic rings. The summed E-state index contributed by atoms with van der Waals surface area (Å²) in [5.74, 6) is 1.27. The Kier molecular flexibility index (Phi) is 3.93. The molecule has 0 heterocycles. The van der Waals surface area contributed by atoms with Gasteiger partial charge in [-0.2, -0.15) is 0 Å². The number of esters is 1. The summed E-state index contributed by atoms with van der Waals surface area (Å²) >= 11 is 6.79. The van der Waals surface area contributed by atoms with Crippen molar-refractivity contribution in [1.29, 1.82) is 0 Å². The lowest BCUT2D eigenvalue weighted by molar-refractivity contribution is -0.185. The molecule has 0 aliphatic heterocycles. The van der Waals surface area contributed by atoms with Gasteiger partial charge in [0.1, 0.15) is 0 Å². The van der Waals surface area contributed by atoms with Crippen molar-refractivity contribution in [2.75, 3.05) is 0 Å². The maximum atomic E-state index is 12.8. The van der Waals surface area contributed by atoms with Crippen LogP contribution in [0.2, 0.25) is 0 Å². The highest BCUT2D eigenvalue weighted by Crippen LogP contribution is 2.72. The van der Waals surface area contributed by atoms with E-state index < -0.39 is 5.60 Å². The number of allylic oxidation sites excluding steroid dienone is 4. The lowest BCUT2D eigenvalue weighted by atomic mass is 9.47. The first-order valence-electron chi connectivity index (χ1n) is 10.9. The Labute approximate surface area is 177 Å². The number of ketones is 2. The van der Waals surface area contributed by atoms with Gasteiger partial charge in [-0.3, -0.25) is 14.4 Å². The molecule has 8 atom stereocenters. The molecule has 0 amide bonds. The zero-order chi connectivity index (χ0) is 20.9. The number of rotatable bonds is 2. The minimum absolute atomic E-state index is 0.0423. The monoisotopic (exact) mass is 416 g/mol. The van der Waals surface area contributed by atoms with Crippen molar-refractivity contribution in [3.05, 3.63) is 22.8 Å². The van der Waals surface area contributed by atoms with Gasteiger partial charge in [0.05, 0.1) is 0 Å². The van der Waals surface area contributed by atoms with Gasteiger partial charge in [0.25, 0.3) is 0 Å². The molecule has 4 nitrogen and oxygen atoms in total. The third-order valence-corrected chi connectivity index (χ3v) is 9.83. The highest BCUT2D eigenvalue weighted by atomic mass is 35.5. The second kappa shape index (κ2) is 5.84. The summed E-state index contributed by atoms with van der Waals surface area (Å²) in [5, 5.41) is 0.713. The summed E-state index contributed by atoms with van der Waals surface area (Å²) in [7, 11) is 0. The second-order valence-electron chi connectivity index (χ2n) is 10.5. The van der Waals surface area contributed by atoms with Gasteiger partial charge < -0.3 is 4.74 Å². The SMILES string of the molecule is CC(=O)O[C@]1(C(C)=O)CC[C@H]2C3C=C(Cl)C4=CC(=O)[C@@H]5C[C@@H]5C4(C)[C@H]3CCC21C. The normalized spacial score (nSPS) is 49.7. The Morgan fingerprint density at radius 1 is 1.10 bits per heavy atom. The van der Waals surface area contributed by atoms with Gasteiger partial charge >= 0.3 is 5.97 Å². The van der Waals surface area contributed by atoms with E-state index >= 15 is 0 Å². The average Bonchev–Trinajstić information content (AvgIpc) is 3.39. The van der Waals surface area contributed by atoms with Crippen molar-refractivity contribution in [1.82, 2.24) is 0 Å². The molecule has 0 radical (unpaired) electrons. The van der Waals surface area contributed by atoms with Crippen LogP contribution < -0.4 is 0 Å². The van der Waals surface area contributed by atoms with Crippen molar-refractivity contribution in [3.8, 4) is 0 Å². The summed E-state index contributed by atoms with van der Waals surface area (Å²) in [6.45, 7) is 7.42. The summed E-state index contributed by atoms with van der Waals surface area (Å²) in [5.41, 5.74) is -0.455. The van der Waals surface area contributed by atoms with Crippen LogP contribution in [0.15, 0.2) is 22.8 Å². The van der Waals surface area contributed by atoms with E-state index in [0.29, 0.717) is 23.3 Å². The number of ether oxygens (including phenoxy) is 1. The quantitative estimate of drug-likeness (QED) is 0.617. The molecule has 0 saturated heterocycles. The average molecular weight is 417 g/mol. The van der Waals surface area contributed by atoms with Crippen LogP contribution >= 0.6 is 11.6 Å².